The first kappa shape index (κ1) is 15.2. The first-order valence-corrected chi connectivity index (χ1v) is 5.32. The van der Waals surface area contributed by atoms with Crippen molar-refractivity contribution in [2.75, 3.05) is 0 Å². The molecule has 96 valence electrons. The molecule has 0 saturated carbocycles. The second kappa shape index (κ2) is 8.32. The number of carbonyl (C=O) groups excluding carboxylic acids is 1. The zero-order chi connectivity index (χ0) is 13.3. The highest BCUT2D eigenvalue weighted by molar-refractivity contribution is 5.83. The number of nitrogens with one attached hydrogen (secondary N) is 1. The number of aliphatic carboxylic acids is 2. The highest BCUT2D eigenvalue weighted by Gasteiger charge is 2.19. The van der Waals surface area contributed by atoms with Crippen LogP contribution in [0.25, 0.3) is 0 Å². The van der Waals surface area contributed by atoms with Crippen LogP contribution in [-0.4, -0.2) is 34.1 Å². The summed E-state index contributed by atoms with van der Waals surface area (Å²) in [5, 5.41) is 19.6. The van der Waals surface area contributed by atoms with Crippen LogP contribution in [0.15, 0.2) is 12.7 Å². The van der Waals surface area contributed by atoms with Crippen molar-refractivity contribution < 1.29 is 24.6 Å². The number of allylic oxidation sites excluding steroid dienone is 1. The van der Waals surface area contributed by atoms with Gasteiger partial charge in [0, 0.05) is 12.8 Å². The van der Waals surface area contributed by atoms with E-state index in [0.29, 0.717) is 6.42 Å². The molecule has 1 atom stereocenters. The van der Waals surface area contributed by atoms with E-state index in [0.717, 1.165) is 0 Å². The Morgan fingerprint density at radius 2 is 1.88 bits per heavy atom. The van der Waals surface area contributed by atoms with E-state index in [-0.39, 0.29) is 31.6 Å². The van der Waals surface area contributed by atoms with Gasteiger partial charge in [0.1, 0.15) is 6.04 Å². The highest BCUT2D eigenvalue weighted by atomic mass is 16.4. The molecule has 0 saturated heterocycles. The van der Waals surface area contributed by atoms with Crippen LogP contribution in [-0.2, 0) is 14.4 Å². The summed E-state index contributed by atoms with van der Waals surface area (Å²) >= 11 is 0. The summed E-state index contributed by atoms with van der Waals surface area (Å²) in [7, 11) is 0. The molecule has 0 fully saturated rings. The van der Waals surface area contributed by atoms with Gasteiger partial charge in [-0.1, -0.05) is 6.08 Å². The molecule has 0 bridgehead atoms. The molecular formula is C11H17NO5. The van der Waals surface area contributed by atoms with E-state index < -0.39 is 18.0 Å². The Balaban J connectivity index is 4.05. The third-order valence-corrected chi connectivity index (χ3v) is 2.09. The van der Waals surface area contributed by atoms with Gasteiger partial charge in [-0.15, -0.1) is 6.58 Å². The number of rotatable bonds is 9. The Morgan fingerprint density at radius 3 is 2.35 bits per heavy atom. The van der Waals surface area contributed by atoms with Gasteiger partial charge in [-0.05, 0) is 19.3 Å². The van der Waals surface area contributed by atoms with E-state index in [9.17, 15) is 14.4 Å². The van der Waals surface area contributed by atoms with Crippen LogP contribution in [0.2, 0.25) is 0 Å². The Morgan fingerprint density at radius 1 is 1.24 bits per heavy atom. The van der Waals surface area contributed by atoms with E-state index in [1.165, 1.54) is 0 Å². The molecule has 0 aromatic rings. The first-order valence-electron chi connectivity index (χ1n) is 5.32. The normalized spacial score (nSPS) is 11.5. The molecule has 1 amide bonds. The van der Waals surface area contributed by atoms with E-state index in [2.05, 4.69) is 11.9 Å². The second-order valence-corrected chi connectivity index (χ2v) is 3.57. The van der Waals surface area contributed by atoms with Crippen LogP contribution >= 0.6 is 0 Å². The number of carboxylic acid groups (broad SMARTS) is 2. The highest BCUT2D eigenvalue weighted by Crippen LogP contribution is 2.02. The van der Waals surface area contributed by atoms with Crippen molar-refractivity contribution in [3.05, 3.63) is 12.7 Å². The van der Waals surface area contributed by atoms with E-state index >= 15 is 0 Å². The molecule has 0 aromatic carbocycles. The summed E-state index contributed by atoms with van der Waals surface area (Å²) < 4.78 is 0. The molecule has 0 rings (SSSR count). The predicted octanol–water partition coefficient (Wildman–Crippen LogP) is 0.777. The number of hydrogen-bond donors (Lipinski definition) is 3. The van der Waals surface area contributed by atoms with Crippen LogP contribution in [0.1, 0.15) is 32.1 Å². The number of hydrogen-bond acceptors (Lipinski definition) is 3. The average molecular weight is 243 g/mol. The zero-order valence-corrected chi connectivity index (χ0v) is 9.52. The molecular weight excluding hydrogens is 226 g/mol. The SMILES string of the molecule is C=CCCC(=O)N[C@H](CCCC(=O)O)C(=O)O. The summed E-state index contributed by atoms with van der Waals surface area (Å²) in [6, 6.07) is -1.02. The lowest BCUT2D eigenvalue weighted by Gasteiger charge is -2.13. The van der Waals surface area contributed by atoms with Gasteiger partial charge in [-0.3, -0.25) is 9.59 Å². The van der Waals surface area contributed by atoms with E-state index in [1.54, 1.807) is 6.08 Å². The smallest absolute Gasteiger partial charge is 0.326 e. The number of carbonyl (C=O) groups is 3. The quantitative estimate of drug-likeness (QED) is 0.519. The van der Waals surface area contributed by atoms with Gasteiger partial charge in [0.2, 0.25) is 5.91 Å². The molecule has 6 nitrogen and oxygen atoms in total. The lowest BCUT2D eigenvalue weighted by Crippen LogP contribution is -2.40. The summed E-state index contributed by atoms with van der Waals surface area (Å²) in [4.78, 5) is 32.3. The predicted molar refractivity (Wildman–Crippen MR) is 60.5 cm³/mol. The fraction of sp³-hybridized carbons (Fsp3) is 0.545. The van der Waals surface area contributed by atoms with Gasteiger partial charge >= 0.3 is 11.9 Å². The molecule has 0 aliphatic rings. The molecule has 0 radical (unpaired) electrons. The minimum absolute atomic E-state index is 0.105. The Labute approximate surface area is 99.3 Å². The summed E-state index contributed by atoms with van der Waals surface area (Å²) in [6.45, 7) is 3.45. The molecule has 3 N–H and O–H groups in total. The average Bonchev–Trinajstić information content (AvgIpc) is 2.24. The summed E-state index contributed by atoms with van der Waals surface area (Å²) in [5.74, 6) is -2.50. The number of amides is 1. The monoisotopic (exact) mass is 243 g/mol. The molecule has 0 aliphatic carbocycles. The van der Waals surface area contributed by atoms with E-state index in [4.69, 9.17) is 10.2 Å². The minimum Gasteiger partial charge on any atom is -0.481 e. The van der Waals surface area contributed by atoms with Crippen molar-refractivity contribution in [3.63, 3.8) is 0 Å². The molecule has 0 unspecified atom stereocenters. The fourth-order valence-corrected chi connectivity index (χ4v) is 1.21. The van der Waals surface area contributed by atoms with Gasteiger partial charge in [-0.25, -0.2) is 4.79 Å². The minimum atomic E-state index is -1.15. The van der Waals surface area contributed by atoms with Crippen molar-refractivity contribution in [3.8, 4) is 0 Å². The summed E-state index contributed by atoms with van der Waals surface area (Å²) in [5.41, 5.74) is 0. The maximum atomic E-state index is 11.3. The molecule has 17 heavy (non-hydrogen) atoms. The van der Waals surface area contributed by atoms with E-state index in [1.807, 2.05) is 0 Å². The molecule has 0 spiro atoms. The Hall–Kier alpha value is -1.85. The van der Waals surface area contributed by atoms with Gasteiger partial charge in [0.15, 0.2) is 0 Å². The van der Waals surface area contributed by atoms with Gasteiger partial charge in [-0.2, -0.15) is 0 Å². The molecule has 6 heteroatoms. The van der Waals surface area contributed by atoms with Crippen LogP contribution in [0.3, 0.4) is 0 Å². The van der Waals surface area contributed by atoms with Crippen LogP contribution in [0, 0.1) is 0 Å². The first-order chi connectivity index (χ1) is 7.97. The third-order valence-electron chi connectivity index (χ3n) is 2.09. The fourth-order valence-electron chi connectivity index (χ4n) is 1.21. The maximum absolute atomic E-state index is 11.3. The topological polar surface area (TPSA) is 104 Å². The molecule has 0 heterocycles. The van der Waals surface area contributed by atoms with Gasteiger partial charge in [0.25, 0.3) is 0 Å². The van der Waals surface area contributed by atoms with Crippen molar-refractivity contribution in [2.45, 2.75) is 38.1 Å². The van der Waals surface area contributed by atoms with Crippen molar-refractivity contribution in [1.29, 1.82) is 0 Å². The van der Waals surface area contributed by atoms with Crippen LogP contribution in [0.4, 0.5) is 0 Å². The van der Waals surface area contributed by atoms with Crippen molar-refractivity contribution in [2.24, 2.45) is 0 Å². The third kappa shape index (κ3) is 8.01. The zero-order valence-electron chi connectivity index (χ0n) is 9.52. The van der Waals surface area contributed by atoms with Gasteiger partial charge in [0.05, 0.1) is 0 Å². The second-order valence-electron chi connectivity index (χ2n) is 3.57. The summed E-state index contributed by atoms with van der Waals surface area (Å²) in [6.07, 6.45) is 2.46. The molecule has 0 aliphatic heterocycles. The lowest BCUT2D eigenvalue weighted by atomic mass is 10.1. The van der Waals surface area contributed by atoms with Crippen LogP contribution < -0.4 is 5.32 Å². The van der Waals surface area contributed by atoms with Gasteiger partial charge < -0.3 is 15.5 Å². The Bertz CT molecular complexity index is 300. The molecule has 0 aromatic heterocycles. The Kier molecular flexibility index (Phi) is 7.41. The lowest BCUT2D eigenvalue weighted by molar-refractivity contribution is -0.142. The standard InChI is InChI=1S/C11H17NO5/c1-2-3-6-9(13)12-8(11(16)17)5-4-7-10(14)15/h2,8H,1,3-7H2,(H,12,13)(H,14,15)(H,16,17)/t8-/m1/s1. The van der Waals surface area contributed by atoms with Crippen molar-refractivity contribution in [1.82, 2.24) is 5.32 Å². The maximum Gasteiger partial charge on any atom is 0.326 e. The number of carboxylic acids is 2. The van der Waals surface area contributed by atoms with Crippen molar-refractivity contribution >= 4 is 17.8 Å². The van der Waals surface area contributed by atoms with Crippen LogP contribution in [0.5, 0.6) is 0 Å². The largest absolute Gasteiger partial charge is 0.481 e.